The highest BCUT2D eigenvalue weighted by Crippen LogP contribution is 2.26. The first-order valence-electron chi connectivity index (χ1n) is 10.0. The van der Waals surface area contributed by atoms with Gasteiger partial charge in [0.25, 0.3) is 21.8 Å². The largest absolute Gasteiger partial charge is 0.496 e. The van der Waals surface area contributed by atoms with Crippen LogP contribution in [-0.4, -0.2) is 64.3 Å². The molecule has 0 radical (unpaired) electrons. The van der Waals surface area contributed by atoms with Gasteiger partial charge in [-0.25, -0.2) is 8.42 Å². The number of hydrogen-bond acceptors (Lipinski definition) is 5. The fourth-order valence-corrected chi connectivity index (χ4v) is 4.53. The molecule has 1 saturated heterocycles. The van der Waals surface area contributed by atoms with Gasteiger partial charge in [0.05, 0.1) is 17.6 Å². The summed E-state index contributed by atoms with van der Waals surface area (Å²) in [4.78, 5) is 28.1. The molecule has 1 heterocycles. The van der Waals surface area contributed by atoms with Crippen LogP contribution >= 0.6 is 0 Å². The van der Waals surface area contributed by atoms with Crippen LogP contribution in [0.15, 0.2) is 47.4 Å². The maximum atomic E-state index is 13.0. The van der Waals surface area contributed by atoms with E-state index in [9.17, 15) is 18.0 Å². The van der Waals surface area contributed by atoms with E-state index in [1.54, 1.807) is 31.1 Å². The average molecular weight is 446 g/mol. The van der Waals surface area contributed by atoms with Gasteiger partial charge in [0.2, 0.25) is 0 Å². The Balaban J connectivity index is 1.85. The summed E-state index contributed by atoms with van der Waals surface area (Å²) >= 11 is 0. The van der Waals surface area contributed by atoms with Gasteiger partial charge in [0, 0.05) is 38.4 Å². The number of likely N-dealkylation sites (tertiary alicyclic amines) is 1. The molecule has 31 heavy (non-hydrogen) atoms. The van der Waals surface area contributed by atoms with Gasteiger partial charge in [-0.3, -0.25) is 14.3 Å². The number of sulfonamides is 1. The third kappa shape index (κ3) is 5.16. The third-order valence-corrected chi connectivity index (χ3v) is 6.52. The number of rotatable bonds is 6. The minimum Gasteiger partial charge on any atom is -0.496 e. The fourth-order valence-electron chi connectivity index (χ4n) is 3.44. The van der Waals surface area contributed by atoms with Crippen molar-refractivity contribution in [2.24, 2.45) is 0 Å². The summed E-state index contributed by atoms with van der Waals surface area (Å²) in [5.74, 6) is -0.0772. The van der Waals surface area contributed by atoms with E-state index in [-0.39, 0.29) is 22.3 Å². The van der Waals surface area contributed by atoms with E-state index in [4.69, 9.17) is 4.74 Å². The number of ether oxygens (including phenoxy) is 1. The number of hydrogen-bond donors (Lipinski definition) is 1. The van der Waals surface area contributed by atoms with E-state index >= 15 is 0 Å². The monoisotopic (exact) mass is 445 g/mol. The summed E-state index contributed by atoms with van der Waals surface area (Å²) in [7, 11) is 0.792. The van der Waals surface area contributed by atoms with Crippen molar-refractivity contribution in [3.8, 4) is 5.75 Å². The molecule has 2 aromatic carbocycles. The molecule has 1 N–H and O–H groups in total. The molecule has 0 spiro atoms. The predicted octanol–water partition coefficient (Wildman–Crippen LogP) is 2.82. The highest BCUT2D eigenvalue weighted by molar-refractivity contribution is 7.92. The van der Waals surface area contributed by atoms with Crippen LogP contribution < -0.4 is 9.46 Å². The second-order valence-corrected chi connectivity index (χ2v) is 9.28. The van der Waals surface area contributed by atoms with Crippen molar-refractivity contribution in [3.05, 3.63) is 53.6 Å². The lowest BCUT2D eigenvalue weighted by molar-refractivity contribution is 0.0720. The maximum absolute atomic E-state index is 13.0. The molecule has 1 fully saturated rings. The van der Waals surface area contributed by atoms with Crippen molar-refractivity contribution in [1.82, 2.24) is 9.80 Å². The second kappa shape index (κ2) is 9.38. The molecule has 166 valence electrons. The Labute approximate surface area is 182 Å². The van der Waals surface area contributed by atoms with Crippen molar-refractivity contribution < 1.29 is 22.7 Å². The zero-order chi connectivity index (χ0) is 22.6. The summed E-state index contributed by atoms with van der Waals surface area (Å²) in [6, 6.07) is 10.4. The van der Waals surface area contributed by atoms with E-state index in [0.29, 0.717) is 30.1 Å². The molecule has 0 aliphatic carbocycles. The number of anilines is 1. The molecule has 2 amide bonds. The summed E-state index contributed by atoms with van der Waals surface area (Å²) in [6.07, 6.45) is 2.94. The molecule has 3 rings (SSSR count). The quantitative estimate of drug-likeness (QED) is 0.738. The number of benzene rings is 2. The zero-order valence-corrected chi connectivity index (χ0v) is 18.7. The first-order chi connectivity index (χ1) is 14.7. The highest BCUT2D eigenvalue weighted by atomic mass is 32.2. The molecule has 8 nitrogen and oxygen atoms in total. The van der Waals surface area contributed by atoms with Crippen molar-refractivity contribution in [2.75, 3.05) is 39.0 Å². The third-order valence-electron chi connectivity index (χ3n) is 5.15. The summed E-state index contributed by atoms with van der Waals surface area (Å²) < 4.78 is 33.6. The minimum atomic E-state index is -3.95. The molecular formula is C22H27N3O5S. The maximum Gasteiger partial charge on any atom is 0.261 e. The second-order valence-electron chi connectivity index (χ2n) is 7.60. The summed E-state index contributed by atoms with van der Waals surface area (Å²) in [5.41, 5.74) is 0.987. The molecule has 0 unspecified atom stereocenters. The van der Waals surface area contributed by atoms with Gasteiger partial charge in [0.15, 0.2) is 0 Å². The van der Waals surface area contributed by atoms with Gasteiger partial charge < -0.3 is 14.5 Å². The molecular weight excluding hydrogens is 418 g/mol. The van der Waals surface area contributed by atoms with E-state index in [1.807, 2.05) is 0 Å². The SMILES string of the molecule is COc1ccc(S(=O)(=O)Nc2ccc(C(=O)N(C)C)cc2)cc1C(=O)N1CCCCC1. The van der Waals surface area contributed by atoms with Gasteiger partial charge in [-0.2, -0.15) is 0 Å². The number of nitrogens with zero attached hydrogens (tertiary/aromatic N) is 2. The molecule has 9 heteroatoms. The average Bonchev–Trinajstić information content (AvgIpc) is 2.78. The van der Waals surface area contributed by atoms with E-state index in [1.165, 1.54) is 42.3 Å². The topological polar surface area (TPSA) is 96.0 Å². The van der Waals surface area contributed by atoms with E-state index in [0.717, 1.165) is 19.3 Å². The Morgan fingerprint density at radius 2 is 1.65 bits per heavy atom. The van der Waals surface area contributed by atoms with Gasteiger partial charge in [-0.05, 0) is 61.7 Å². The van der Waals surface area contributed by atoms with Crippen LogP contribution in [0.3, 0.4) is 0 Å². The van der Waals surface area contributed by atoms with Crippen LogP contribution in [0.25, 0.3) is 0 Å². The summed E-state index contributed by atoms with van der Waals surface area (Å²) in [6.45, 7) is 1.30. The Bertz CT molecular complexity index is 1060. The summed E-state index contributed by atoms with van der Waals surface area (Å²) in [5, 5.41) is 0. The molecule has 0 saturated carbocycles. The number of amides is 2. The van der Waals surface area contributed by atoms with Crippen LogP contribution in [-0.2, 0) is 10.0 Å². The highest BCUT2D eigenvalue weighted by Gasteiger charge is 2.24. The van der Waals surface area contributed by atoms with Crippen molar-refractivity contribution >= 4 is 27.5 Å². The Morgan fingerprint density at radius 3 is 2.23 bits per heavy atom. The number of piperidine rings is 1. The molecule has 1 aliphatic rings. The lowest BCUT2D eigenvalue weighted by Gasteiger charge is -2.27. The van der Waals surface area contributed by atoms with Crippen LogP contribution in [0.4, 0.5) is 5.69 Å². The smallest absolute Gasteiger partial charge is 0.261 e. The minimum absolute atomic E-state index is 0.0397. The lowest BCUT2D eigenvalue weighted by Crippen LogP contribution is -2.35. The van der Waals surface area contributed by atoms with Crippen molar-refractivity contribution in [3.63, 3.8) is 0 Å². The number of nitrogens with one attached hydrogen (secondary N) is 1. The zero-order valence-electron chi connectivity index (χ0n) is 17.9. The van der Waals surface area contributed by atoms with Crippen molar-refractivity contribution in [1.29, 1.82) is 0 Å². The number of carbonyl (C=O) groups excluding carboxylic acids is 2. The first kappa shape index (κ1) is 22.6. The van der Waals surface area contributed by atoms with Crippen molar-refractivity contribution in [2.45, 2.75) is 24.2 Å². The number of carbonyl (C=O) groups is 2. The Morgan fingerprint density at radius 1 is 1.00 bits per heavy atom. The Hall–Kier alpha value is -3.07. The molecule has 2 aromatic rings. The van der Waals surface area contributed by atoms with Crippen LogP contribution in [0, 0.1) is 0 Å². The van der Waals surface area contributed by atoms with Gasteiger partial charge in [-0.15, -0.1) is 0 Å². The van der Waals surface area contributed by atoms with Crippen LogP contribution in [0.5, 0.6) is 5.75 Å². The standard InChI is InChI=1S/C22H27N3O5S/c1-24(2)21(26)16-7-9-17(10-8-16)23-31(28,29)18-11-12-20(30-3)19(15-18)22(27)25-13-5-4-6-14-25/h7-12,15,23H,4-6,13-14H2,1-3H3. The predicted molar refractivity (Wildman–Crippen MR) is 118 cm³/mol. The normalized spacial score (nSPS) is 14.1. The Kier molecular flexibility index (Phi) is 6.84. The van der Waals surface area contributed by atoms with E-state index < -0.39 is 10.0 Å². The van der Waals surface area contributed by atoms with Crippen LogP contribution in [0.2, 0.25) is 0 Å². The van der Waals surface area contributed by atoms with Gasteiger partial charge in [-0.1, -0.05) is 0 Å². The van der Waals surface area contributed by atoms with Crippen LogP contribution in [0.1, 0.15) is 40.0 Å². The lowest BCUT2D eigenvalue weighted by atomic mass is 10.1. The fraction of sp³-hybridized carbons (Fsp3) is 0.364. The molecule has 0 bridgehead atoms. The van der Waals surface area contributed by atoms with Gasteiger partial charge in [0.1, 0.15) is 5.75 Å². The molecule has 1 aliphatic heterocycles. The molecule has 0 aromatic heterocycles. The van der Waals surface area contributed by atoms with E-state index in [2.05, 4.69) is 4.72 Å². The molecule has 0 atom stereocenters. The first-order valence-corrected chi connectivity index (χ1v) is 11.5. The van der Waals surface area contributed by atoms with Gasteiger partial charge >= 0.3 is 0 Å². The number of methoxy groups -OCH3 is 1.